The molecular weight excluding hydrogens is 256 g/mol. The molecule has 1 aromatic heterocycles. The topological polar surface area (TPSA) is 62.7 Å². The molecule has 110 valence electrons. The van der Waals surface area contributed by atoms with Crippen molar-refractivity contribution in [3.8, 4) is 5.75 Å². The number of carbonyl (C=O) groups is 1. The highest BCUT2D eigenvalue weighted by Gasteiger charge is 2.26. The predicted octanol–water partition coefficient (Wildman–Crippen LogP) is 2.21. The smallest absolute Gasteiger partial charge is 0.276 e. The number of carbonyl (C=O) groups excluding carboxylic acids is 1. The number of aromatic nitrogens is 1. The molecule has 1 aliphatic rings. The van der Waals surface area contributed by atoms with Gasteiger partial charge in [-0.2, -0.15) is 0 Å². The number of hydrogen-bond acceptors (Lipinski definition) is 4. The van der Waals surface area contributed by atoms with Crippen LogP contribution in [0.25, 0.3) is 0 Å². The summed E-state index contributed by atoms with van der Waals surface area (Å²) in [7, 11) is 0. The van der Waals surface area contributed by atoms with Crippen LogP contribution in [0.2, 0.25) is 0 Å². The van der Waals surface area contributed by atoms with Gasteiger partial charge in [0, 0.05) is 25.4 Å². The van der Waals surface area contributed by atoms with Gasteiger partial charge in [-0.3, -0.25) is 4.79 Å². The van der Waals surface area contributed by atoms with Crippen LogP contribution in [0.1, 0.15) is 43.6 Å². The van der Waals surface area contributed by atoms with Gasteiger partial charge in [0.2, 0.25) is 0 Å². The van der Waals surface area contributed by atoms with E-state index >= 15 is 0 Å². The van der Waals surface area contributed by atoms with Crippen LogP contribution < -0.4 is 0 Å². The van der Waals surface area contributed by atoms with Crippen molar-refractivity contribution >= 4 is 5.91 Å². The number of rotatable bonds is 4. The molecule has 2 rings (SSSR count). The fraction of sp³-hybridized carbons (Fsp3) is 0.600. The van der Waals surface area contributed by atoms with Crippen molar-refractivity contribution in [1.29, 1.82) is 0 Å². The van der Waals surface area contributed by atoms with Gasteiger partial charge in [0.25, 0.3) is 5.91 Å². The molecule has 0 bridgehead atoms. The lowest BCUT2D eigenvalue weighted by atomic mass is 10.1. The third-order valence-corrected chi connectivity index (χ3v) is 3.55. The van der Waals surface area contributed by atoms with E-state index in [9.17, 15) is 9.90 Å². The molecule has 5 nitrogen and oxygen atoms in total. The average Bonchev–Trinajstić information content (AvgIpc) is 2.45. The maximum absolute atomic E-state index is 12.5. The first-order chi connectivity index (χ1) is 9.59. The number of ether oxygens (including phenoxy) is 1. The van der Waals surface area contributed by atoms with Crippen LogP contribution in [-0.2, 0) is 4.74 Å². The number of hydrogen-bond donors (Lipinski definition) is 1. The van der Waals surface area contributed by atoms with Gasteiger partial charge in [-0.05, 0) is 45.2 Å². The van der Waals surface area contributed by atoms with Crippen LogP contribution >= 0.6 is 0 Å². The second kappa shape index (κ2) is 6.70. The van der Waals surface area contributed by atoms with Crippen LogP contribution in [0.4, 0.5) is 0 Å². The van der Waals surface area contributed by atoms with Crippen LogP contribution in [-0.4, -0.2) is 46.2 Å². The average molecular weight is 278 g/mol. The van der Waals surface area contributed by atoms with E-state index in [1.807, 2.05) is 13.8 Å². The van der Waals surface area contributed by atoms with E-state index in [0.717, 1.165) is 25.9 Å². The summed E-state index contributed by atoms with van der Waals surface area (Å²) in [6.07, 6.45) is 4.81. The molecule has 20 heavy (non-hydrogen) atoms. The highest BCUT2D eigenvalue weighted by atomic mass is 16.5. The van der Waals surface area contributed by atoms with Crippen molar-refractivity contribution in [2.75, 3.05) is 13.2 Å². The van der Waals surface area contributed by atoms with Crippen molar-refractivity contribution in [2.45, 2.75) is 45.3 Å². The minimum atomic E-state index is -0.243. The standard InChI is InChI=1S/C15H22N2O3/c1-11(2)17(10-12-6-3-4-9-20-12)15(19)14-13(18)7-5-8-16-14/h5,7-8,11-12,18H,3-4,6,9-10H2,1-2H3/t12-/m0/s1. The molecule has 1 N–H and O–H groups in total. The third kappa shape index (κ3) is 3.48. The SMILES string of the molecule is CC(C)N(C[C@@H]1CCCCO1)C(=O)c1ncccc1O. The first kappa shape index (κ1) is 14.8. The minimum Gasteiger partial charge on any atom is -0.505 e. The molecule has 1 aromatic rings. The Morgan fingerprint density at radius 3 is 2.95 bits per heavy atom. The van der Waals surface area contributed by atoms with E-state index in [1.54, 1.807) is 11.0 Å². The highest BCUT2D eigenvalue weighted by molar-refractivity contribution is 5.95. The number of amides is 1. The molecule has 0 radical (unpaired) electrons. The van der Waals surface area contributed by atoms with E-state index in [2.05, 4.69) is 4.98 Å². The number of nitrogens with zero attached hydrogens (tertiary/aromatic N) is 2. The van der Waals surface area contributed by atoms with E-state index in [1.165, 1.54) is 12.3 Å². The van der Waals surface area contributed by atoms with Gasteiger partial charge in [0.1, 0.15) is 5.75 Å². The lowest BCUT2D eigenvalue weighted by Gasteiger charge is -2.32. The molecule has 1 fully saturated rings. The van der Waals surface area contributed by atoms with Crippen molar-refractivity contribution in [3.63, 3.8) is 0 Å². The summed E-state index contributed by atoms with van der Waals surface area (Å²) >= 11 is 0. The van der Waals surface area contributed by atoms with E-state index < -0.39 is 0 Å². The summed E-state index contributed by atoms with van der Waals surface area (Å²) in [5.41, 5.74) is 0.108. The molecule has 5 heteroatoms. The van der Waals surface area contributed by atoms with Gasteiger partial charge in [-0.1, -0.05) is 0 Å². The van der Waals surface area contributed by atoms with Crippen molar-refractivity contribution in [2.24, 2.45) is 0 Å². The van der Waals surface area contributed by atoms with E-state index in [-0.39, 0.29) is 29.5 Å². The van der Waals surface area contributed by atoms with Crippen LogP contribution in [0, 0.1) is 0 Å². The molecule has 2 heterocycles. The van der Waals surface area contributed by atoms with Crippen LogP contribution in [0.3, 0.4) is 0 Å². The molecule has 0 unspecified atom stereocenters. The molecule has 0 aliphatic carbocycles. The molecular formula is C15H22N2O3. The fourth-order valence-corrected chi connectivity index (χ4v) is 2.40. The first-order valence-corrected chi connectivity index (χ1v) is 7.16. The molecule has 1 atom stereocenters. The predicted molar refractivity (Wildman–Crippen MR) is 75.7 cm³/mol. The summed E-state index contributed by atoms with van der Waals surface area (Å²) in [5.74, 6) is -0.319. The zero-order chi connectivity index (χ0) is 14.5. The molecule has 0 aromatic carbocycles. The highest BCUT2D eigenvalue weighted by Crippen LogP contribution is 2.19. The Balaban J connectivity index is 2.11. The van der Waals surface area contributed by atoms with Gasteiger partial charge in [-0.25, -0.2) is 4.98 Å². The summed E-state index contributed by atoms with van der Waals surface area (Å²) in [6.45, 7) is 5.23. The Hall–Kier alpha value is -1.62. The van der Waals surface area contributed by atoms with Crippen molar-refractivity contribution < 1.29 is 14.6 Å². The van der Waals surface area contributed by atoms with Gasteiger partial charge in [0.05, 0.1) is 6.10 Å². The van der Waals surface area contributed by atoms with E-state index in [4.69, 9.17) is 4.74 Å². The van der Waals surface area contributed by atoms with Gasteiger partial charge < -0.3 is 14.7 Å². The minimum absolute atomic E-state index is 0.0365. The largest absolute Gasteiger partial charge is 0.505 e. The van der Waals surface area contributed by atoms with Gasteiger partial charge in [0.15, 0.2) is 5.69 Å². The first-order valence-electron chi connectivity index (χ1n) is 7.16. The third-order valence-electron chi connectivity index (χ3n) is 3.55. The second-order valence-electron chi connectivity index (χ2n) is 5.41. The maximum atomic E-state index is 12.5. The number of aromatic hydroxyl groups is 1. The van der Waals surface area contributed by atoms with E-state index in [0.29, 0.717) is 6.54 Å². The maximum Gasteiger partial charge on any atom is 0.276 e. The monoisotopic (exact) mass is 278 g/mol. The summed E-state index contributed by atoms with van der Waals surface area (Å²) in [6, 6.07) is 3.13. The Morgan fingerprint density at radius 1 is 1.55 bits per heavy atom. The summed E-state index contributed by atoms with van der Waals surface area (Å²) < 4.78 is 5.70. The quantitative estimate of drug-likeness (QED) is 0.917. The lowest BCUT2D eigenvalue weighted by Crippen LogP contribution is -2.44. The molecule has 0 spiro atoms. The Labute approximate surface area is 119 Å². The summed E-state index contributed by atoms with van der Waals surface area (Å²) in [5, 5.41) is 9.78. The zero-order valence-electron chi connectivity index (χ0n) is 12.1. The van der Waals surface area contributed by atoms with Crippen molar-refractivity contribution in [1.82, 2.24) is 9.88 Å². The molecule has 0 saturated carbocycles. The summed E-state index contributed by atoms with van der Waals surface area (Å²) in [4.78, 5) is 18.2. The van der Waals surface area contributed by atoms with Crippen LogP contribution in [0.5, 0.6) is 5.75 Å². The lowest BCUT2D eigenvalue weighted by molar-refractivity contribution is -0.00850. The van der Waals surface area contributed by atoms with Crippen LogP contribution in [0.15, 0.2) is 18.3 Å². The van der Waals surface area contributed by atoms with Gasteiger partial charge >= 0.3 is 0 Å². The second-order valence-corrected chi connectivity index (χ2v) is 5.41. The molecule has 1 aliphatic heterocycles. The van der Waals surface area contributed by atoms with Crippen molar-refractivity contribution in [3.05, 3.63) is 24.0 Å². The Morgan fingerprint density at radius 2 is 2.35 bits per heavy atom. The van der Waals surface area contributed by atoms with Gasteiger partial charge in [-0.15, -0.1) is 0 Å². The Kier molecular flexibility index (Phi) is 4.95. The normalized spacial score (nSPS) is 19.1. The molecule has 1 amide bonds. The zero-order valence-corrected chi connectivity index (χ0v) is 12.1. The Bertz CT molecular complexity index is 456. The number of pyridine rings is 1. The fourth-order valence-electron chi connectivity index (χ4n) is 2.40. The molecule has 1 saturated heterocycles.